The van der Waals surface area contributed by atoms with Crippen LogP contribution in [-0.2, 0) is 17.8 Å². The number of nitrogens with zero attached hydrogens (tertiary/aromatic N) is 2. The molecule has 4 aromatic rings. The molecule has 0 fully saturated rings. The van der Waals surface area contributed by atoms with E-state index in [1.54, 1.807) is 17.4 Å². The Bertz CT molecular complexity index is 1340. The Balaban J connectivity index is 1.22. The molecule has 0 spiro atoms. The van der Waals surface area contributed by atoms with Gasteiger partial charge in [-0.2, -0.15) is 5.10 Å². The minimum absolute atomic E-state index is 0.0387. The monoisotopic (exact) mass is 527 g/mol. The molecule has 1 aliphatic carbocycles. The van der Waals surface area contributed by atoms with Crippen LogP contribution in [0.3, 0.4) is 0 Å². The van der Waals surface area contributed by atoms with E-state index in [4.69, 9.17) is 23.2 Å². The van der Waals surface area contributed by atoms with Gasteiger partial charge >= 0.3 is 0 Å². The van der Waals surface area contributed by atoms with Gasteiger partial charge in [0.2, 0.25) is 5.91 Å². The maximum atomic E-state index is 12.4. The highest BCUT2D eigenvalue weighted by Crippen LogP contribution is 2.33. The van der Waals surface area contributed by atoms with Crippen molar-refractivity contribution in [3.63, 3.8) is 0 Å². The Kier molecular flexibility index (Phi) is 7.30. The van der Waals surface area contributed by atoms with Crippen molar-refractivity contribution in [1.82, 2.24) is 14.5 Å². The van der Waals surface area contributed by atoms with Crippen LogP contribution in [0, 0.1) is 0 Å². The van der Waals surface area contributed by atoms with Crippen LogP contribution < -0.4 is 4.72 Å². The summed E-state index contributed by atoms with van der Waals surface area (Å²) in [7, 11) is 0. The molecule has 174 valence electrons. The van der Waals surface area contributed by atoms with Gasteiger partial charge < -0.3 is 0 Å². The standard InChI is InChI=1S/C26H23Cl2N3OS2/c27-21-12-11-20(22(28)14-21)16-31-26-17(6-3-8-19(26)15-29-31)7-4-10-24(32)30-34-25-13-18-5-1-2-9-23(18)33-25/h1-2,5,7,9,11-15H,3-4,6,8,10,16H2,(H,30,32)/b17-7+. The third-order valence-corrected chi connectivity index (χ3v) is 8.52. The first-order chi connectivity index (χ1) is 16.6. The molecule has 0 aliphatic heterocycles. The molecule has 2 heterocycles. The second-order valence-electron chi connectivity index (χ2n) is 8.26. The van der Waals surface area contributed by atoms with Crippen molar-refractivity contribution in [3.05, 3.63) is 87.7 Å². The van der Waals surface area contributed by atoms with Crippen LogP contribution in [0.4, 0.5) is 0 Å². The first-order valence-electron chi connectivity index (χ1n) is 11.2. The molecular formula is C26H23Cl2N3OS2. The summed E-state index contributed by atoms with van der Waals surface area (Å²) >= 11 is 15.5. The molecule has 2 aromatic heterocycles. The van der Waals surface area contributed by atoms with Gasteiger partial charge in [0.1, 0.15) is 0 Å². The number of carbonyl (C=O) groups is 1. The molecule has 0 radical (unpaired) electrons. The molecule has 2 aromatic carbocycles. The second kappa shape index (κ2) is 10.6. The largest absolute Gasteiger partial charge is 0.295 e. The Hall–Kier alpha value is -2.25. The van der Waals surface area contributed by atoms with E-state index in [0.29, 0.717) is 29.4 Å². The van der Waals surface area contributed by atoms with E-state index in [1.165, 1.54) is 33.2 Å². The topological polar surface area (TPSA) is 46.9 Å². The molecule has 1 aliphatic rings. The minimum Gasteiger partial charge on any atom is -0.295 e. The molecule has 0 saturated carbocycles. The summed E-state index contributed by atoms with van der Waals surface area (Å²) in [5.74, 6) is 0.0387. The minimum atomic E-state index is 0.0387. The SMILES string of the molecule is O=C(CC/C=C1\CCCc2cnn(Cc3ccc(Cl)cc3Cl)c21)NSc1cc2ccccc2s1. The summed E-state index contributed by atoms with van der Waals surface area (Å²) in [6.45, 7) is 0.592. The number of carbonyl (C=O) groups excluding carboxylic acids is 1. The van der Waals surface area contributed by atoms with Gasteiger partial charge in [0.25, 0.3) is 0 Å². The van der Waals surface area contributed by atoms with Crippen LogP contribution in [0.5, 0.6) is 0 Å². The maximum Gasteiger partial charge on any atom is 0.230 e. The summed E-state index contributed by atoms with van der Waals surface area (Å²) in [5, 5.41) is 7.11. The number of fused-ring (bicyclic) bond motifs is 2. The lowest BCUT2D eigenvalue weighted by Crippen LogP contribution is -2.14. The average molecular weight is 529 g/mol. The first-order valence-corrected chi connectivity index (χ1v) is 13.6. The number of hydrogen-bond acceptors (Lipinski definition) is 4. The zero-order chi connectivity index (χ0) is 23.5. The van der Waals surface area contributed by atoms with Gasteiger partial charge in [-0.3, -0.25) is 14.2 Å². The van der Waals surface area contributed by atoms with Crippen LogP contribution in [0.25, 0.3) is 15.7 Å². The van der Waals surface area contributed by atoms with E-state index in [0.717, 1.165) is 34.7 Å². The highest BCUT2D eigenvalue weighted by molar-refractivity contribution is 7.99. The lowest BCUT2D eigenvalue weighted by molar-refractivity contribution is -0.119. The maximum absolute atomic E-state index is 12.4. The molecule has 5 rings (SSSR count). The quantitative estimate of drug-likeness (QED) is 0.249. The first kappa shape index (κ1) is 23.5. The molecular weight excluding hydrogens is 505 g/mol. The van der Waals surface area contributed by atoms with E-state index >= 15 is 0 Å². The van der Waals surface area contributed by atoms with Gasteiger partial charge in [-0.15, -0.1) is 11.3 Å². The van der Waals surface area contributed by atoms with Crippen molar-refractivity contribution in [3.8, 4) is 0 Å². The third-order valence-electron chi connectivity index (χ3n) is 5.88. The molecule has 0 bridgehead atoms. The van der Waals surface area contributed by atoms with Gasteiger partial charge in [0.15, 0.2) is 0 Å². The number of halogens is 2. The summed E-state index contributed by atoms with van der Waals surface area (Å²) < 4.78 is 7.33. The summed E-state index contributed by atoms with van der Waals surface area (Å²) in [6.07, 6.45) is 8.41. The Morgan fingerprint density at radius 3 is 2.91 bits per heavy atom. The normalized spacial score (nSPS) is 14.5. The molecule has 34 heavy (non-hydrogen) atoms. The lowest BCUT2D eigenvalue weighted by Gasteiger charge is -2.18. The fraction of sp³-hybridized carbons (Fsp3) is 0.231. The van der Waals surface area contributed by atoms with Crippen molar-refractivity contribution in [2.75, 3.05) is 0 Å². The number of aryl methyl sites for hydroxylation is 1. The van der Waals surface area contributed by atoms with Gasteiger partial charge in [0.05, 0.1) is 22.6 Å². The Labute approximate surface area is 217 Å². The van der Waals surface area contributed by atoms with Crippen molar-refractivity contribution in [1.29, 1.82) is 0 Å². The molecule has 4 nitrogen and oxygen atoms in total. The van der Waals surface area contributed by atoms with Crippen LogP contribution in [0.15, 0.2) is 65.0 Å². The molecule has 0 atom stereocenters. The lowest BCUT2D eigenvalue weighted by atomic mass is 9.92. The van der Waals surface area contributed by atoms with E-state index in [2.05, 4.69) is 34.1 Å². The summed E-state index contributed by atoms with van der Waals surface area (Å²) in [4.78, 5) is 12.4. The number of aromatic nitrogens is 2. The van der Waals surface area contributed by atoms with E-state index in [-0.39, 0.29) is 5.91 Å². The zero-order valence-corrected chi connectivity index (χ0v) is 21.5. The smallest absolute Gasteiger partial charge is 0.230 e. The molecule has 8 heteroatoms. The zero-order valence-electron chi connectivity index (χ0n) is 18.4. The van der Waals surface area contributed by atoms with Crippen molar-refractivity contribution in [2.45, 2.75) is 42.9 Å². The molecule has 0 unspecified atom stereocenters. The fourth-order valence-corrected chi connectivity index (χ4v) is 6.57. The average Bonchev–Trinajstić information content (AvgIpc) is 3.44. The number of hydrogen-bond donors (Lipinski definition) is 1. The number of allylic oxidation sites excluding steroid dienone is 2. The predicted octanol–water partition coefficient (Wildman–Crippen LogP) is 7.78. The number of nitrogens with one attached hydrogen (secondary N) is 1. The highest BCUT2D eigenvalue weighted by atomic mass is 35.5. The molecule has 1 amide bonds. The van der Waals surface area contributed by atoms with Crippen molar-refractivity contribution >= 4 is 68.1 Å². The summed E-state index contributed by atoms with van der Waals surface area (Å²) in [5.41, 5.74) is 4.66. The Morgan fingerprint density at radius 1 is 1.18 bits per heavy atom. The van der Waals surface area contributed by atoms with Crippen LogP contribution >= 0.6 is 46.5 Å². The van der Waals surface area contributed by atoms with Gasteiger partial charge in [-0.05, 0) is 84.0 Å². The second-order valence-corrected chi connectivity index (χ2v) is 11.3. The summed E-state index contributed by atoms with van der Waals surface area (Å²) in [6, 6.07) is 15.9. The van der Waals surface area contributed by atoms with Crippen LogP contribution in [0.1, 0.15) is 42.5 Å². The van der Waals surface area contributed by atoms with Gasteiger partial charge in [0, 0.05) is 21.2 Å². The van der Waals surface area contributed by atoms with E-state index in [1.807, 2.05) is 35.1 Å². The van der Waals surface area contributed by atoms with Crippen molar-refractivity contribution in [2.24, 2.45) is 0 Å². The van der Waals surface area contributed by atoms with Gasteiger partial charge in [-0.25, -0.2) is 0 Å². The number of benzene rings is 2. The number of thiophene rings is 1. The predicted molar refractivity (Wildman–Crippen MR) is 144 cm³/mol. The van der Waals surface area contributed by atoms with E-state index in [9.17, 15) is 4.79 Å². The van der Waals surface area contributed by atoms with Crippen LogP contribution in [-0.4, -0.2) is 15.7 Å². The molecule has 1 N–H and O–H groups in total. The number of rotatable bonds is 7. The fourth-order valence-electron chi connectivity index (χ4n) is 4.24. The van der Waals surface area contributed by atoms with Gasteiger partial charge in [-0.1, -0.05) is 53.5 Å². The highest BCUT2D eigenvalue weighted by Gasteiger charge is 2.20. The van der Waals surface area contributed by atoms with Crippen molar-refractivity contribution < 1.29 is 4.79 Å². The Morgan fingerprint density at radius 2 is 2.06 bits per heavy atom. The van der Waals surface area contributed by atoms with Crippen LogP contribution in [0.2, 0.25) is 10.0 Å². The third kappa shape index (κ3) is 5.36. The molecule has 0 saturated heterocycles. The number of amides is 1. The van der Waals surface area contributed by atoms with E-state index < -0.39 is 0 Å².